The molecule has 0 radical (unpaired) electrons. The highest BCUT2D eigenvalue weighted by atomic mass is 19.1. The van der Waals surface area contributed by atoms with Crippen LogP contribution < -0.4 is 9.47 Å². The Hall–Kier alpha value is -2.90. The number of halogens is 1. The predicted molar refractivity (Wildman–Crippen MR) is 116 cm³/mol. The molecule has 0 aliphatic carbocycles. The molecular formula is C24H28FN3O3. The summed E-state index contributed by atoms with van der Waals surface area (Å²) in [6, 6.07) is 16.4. The van der Waals surface area contributed by atoms with E-state index in [0.717, 1.165) is 54.5 Å². The van der Waals surface area contributed by atoms with Crippen molar-refractivity contribution >= 4 is 0 Å². The van der Waals surface area contributed by atoms with Gasteiger partial charge < -0.3 is 14.2 Å². The van der Waals surface area contributed by atoms with E-state index in [1.807, 2.05) is 48.1 Å². The van der Waals surface area contributed by atoms with Crippen LogP contribution in [0.4, 0.5) is 4.39 Å². The normalized spacial score (nSPS) is 16.9. The van der Waals surface area contributed by atoms with Crippen LogP contribution in [0.25, 0.3) is 0 Å². The second-order valence-electron chi connectivity index (χ2n) is 7.65. The van der Waals surface area contributed by atoms with Gasteiger partial charge in [0, 0.05) is 38.8 Å². The van der Waals surface area contributed by atoms with Crippen molar-refractivity contribution in [3.63, 3.8) is 0 Å². The number of rotatable bonds is 8. The summed E-state index contributed by atoms with van der Waals surface area (Å²) in [6.07, 6.45) is 0.650. The number of morpholine rings is 1. The first-order valence-corrected chi connectivity index (χ1v) is 10.5. The van der Waals surface area contributed by atoms with Crippen molar-refractivity contribution in [2.24, 2.45) is 7.05 Å². The Balaban J connectivity index is 1.34. The lowest BCUT2D eigenvalue weighted by Crippen LogP contribution is -2.38. The Morgan fingerprint density at radius 2 is 1.90 bits per heavy atom. The number of aryl methyl sites for hydroxylation is 1. The van der Waals surface area contributed by atoms with Crippen LogP contribution in [-0.2, 0) is 24.8 Å². The Kier molecular flexibility index (Phi) is 6.84. The van der Waals surface area contributed by atoms with Crippen molar-refractivity contribution in [2.45, 2.75) is 19.1 Å². The van der Waals surface area contributed by atoms with Crippen LogP contribution in [-0.4, -0.2) is 48.1 Å². The first-order valence-electron chi connectivity index (χ1n) is 10.5. The number of nitrogens with zero attached hydrogens (tertiary/aromatic N) is 3. The van der Waals surface area contributed by atoms with E-state index in [1.165, 1.54) is 12.1 Å². The van der Waals surface area contributed by atoms with E-state index in [1.54, 1.807) is 7.11 Å². The quantitative estimate of drug-likeness (QED) is 0.550. The molecule has 2 heterocycles. The number of para-hydroxylation sites is 2. The van der Waals surface area contributed by atoms with E-state index >= 15 is 0 Å². The Morgan fingerprint density at radius 3 is 2.68 bits per heavy atom. The molecule has 164 valence electrons. The third kappa shape index (κ3) is 5.42. The number of aromatic nitrogens is 2. The lowest BCUT2D eigenvalue weighted by atomic mass is 10.1. The van der Waals surface area contributed by atoms with E-state index in [-0.39, 0.29) is 11.9 Å². The number of benzene rings is 2. The lowest BCUT2D eigenvalue weighted by Gasteiger charge is -2.32. The van der Waals surface area contributed by atoms with Crippen LogP contribution >= 0.6 is 0 Å². The molecule has 3 aromatic rings. The molecule has 7 heteroatoms. The van der Waals surface area contributed by atoms with Gasteiger partial charge in [0.2, 0.25) is 0 Å². The summed E-state index contributed by atoms with van der Waals surface area (Å²) < 4.78 is 32.3. The van der Waals surface area contributed by atoms with Gasteiger partial charge in [0.05, 0.1) is 26.0 Å². The number of hydrogen-bond donors (Lipinski definition) is 0. The minimum absolute atomic E-state index is 0.0794. The molecule has 6 nitrogen and oxygen atoms in total. The highest BCUT2D eigenvalue weighted by molar-refractivity contribution is 5.39. The van der Waals surface area contributed by atoms with Crippen LogP contribution in [0.1, 0.15) is 23.1 Å². The highest BCUT2D eigenvalue weighted by Crippen LogP contribution is 2.26. The van der Waals surface area contributed by atoms with Gasteiger partial charge in [0.15, 0.2) is 11.5 Å². The van der Waals surface area contributed by atoms with Gasteiger partial charge in [-0.1, -0.05) is 24.3 Å². The van der Waals surface area contributed by atoms with Gasteiger partial charge in [-0.05, 0) is 35.9 Å². The van der Waals surface area contributed by atoms with Crippen molar-refractivity contribution < 1.29 is 18.6 Å². The molecule has 1 aliphatic heterocycles. The molecule has 1 atom stereocenters. The zero-order valence-corrected chi connectivity index (χ0v) is 18.0. The van der Waals surface area contributed by atoms with Gasteiger partial charge in [0.1, 0.15) is 11.9 Å². The summed E-state index contributed by atoms with van der Waals surface area (Å²) in [5.74, 6) is 1.25. The average molecular weight is 426 g/mol. The van der Waals surface area contributed by atoms with Crippen LogP contribution in [0, 0.1) is 5.82 Å². The molecule has 1 aliphatic rings. The second-order valence-corrected chi connectivity index (χ2v) is 7.65. The van der Waals surface area contributed by atoms with Crippen molar-refractivity contribution in [3.8, 4) is 11.5 Å². The van der Waals surface area contributed by atoms with Crippen LogP contribution in [0.15, 0.2) is 54.6 Å². The van der Waals surface area contributed by atoms with E-state index in [0.29, 0.717) is 13.2 Å². The van der Waals surface area contributed by atoms with Crippen LogP contribution in [0.2, 0.25) is 0 Å². The van der Waals surface area contributed by atoms with Crippen LogP contribution in [0.5, 0.6) is 11.5 Å². The third-order valence-electron chi connectivity index (χ3n) is 5.48. The first-order chi connectivity index (χ1) is 15.1. The zero-order chi connectivity index (χ0) is 21.6. The highest BCUT2D eigenvalue weighted by Gasteiger charge is 2.25. The molecule has 0 bridgehead atoms. The fourth-order valence-electron chi connectivity index (χ4n) is 3.80. The fourth-order valence-corrected chi connectivity index (χ4v) is 3.80. The smallest absolute Gasteiger partial charge is 0.161 e. The Labute approximate surface area is 182 Å². The molecular weight excluding hydrogens is 397 g/mol. The van der Waals surface area contributed by atoms with Crippen LogP contribution in [0.3, 0.4) is 0 Å². The Morgan fingerprint density at radius 1 is 1.13 bits per heavy atom. The summed E-state index contributed by atoms with van der Waals surface area (Å²) in [6.45, 7) is 3.55. The molecule has 31 heavy (non-hydrogen) atoms. The van der Waals surface area contributed by atoms with Gasteiger partial charge in [0.25, 0.3) is 0 Å². The molecule has 4 rings (SSSR count). The molecule has 0 amide bonds. The minimum Gasteiger partial charge on any atom is -0.493 e. The third-order valence-corrected chi connectivity index (χ3v) is 5.48. The maximum Gasteiger partial charge on any atom is 0.161 e. The maximum absolute atomic E-state index is 13.2. The summed E-state index contributed by atoms with van der Waals surface area (Å²) >= 11 is 0. The minimum atomic E-state index is -0.209. The van der Waals surface area contributed by atoms with Gasteiger partial charge in [-0.2, -0.15) is 5.10 Å². The SMILES string of the molecule is COc1ccccc1OCCc1cc([C@@H]2CN(Cc3ccc(F)cc3)CCO2)nn1C. The number of ether oxygens (including phenoxy) is 3. The van der Waals surface area contributed by atoms with Gasteiger partial charge in [-0.25, -0.2) is 4.39 Å². The summed E-state index contributed by atoms with van der Waals surface area (Å²) in [5.41, 5.74) is 3.11. The topological polar surface area (TPSA) is 48.8 Å². The largest absolute Gasteiger partial charge is 0.493 e. The molecule has 0 spiro atoms. The van der Waals surface area contributed by atoms with E-state index < -0.39 is 0 Å². The van der Waals surface area contributed by atoms with Crippen molar-refractivity contribution in [1.29, 1.82) is 0 Å². The van der Waals surface area contributed by atoms with Gasteiger partial charge in [-0.3, -0.25) is 9.58 Å². The fraction of sp³-hybridized carbons (Fsp3) is 0.375. The van der Waals surface area contributed by atoms with Gasteiger partial charge in [-0.15, -0.1) is 0 Å². The molecule has 0 unspecified atom stereocenters. The molecule has 0 saturated carbocycles. The molecule has 0 N–H and O–H groups in total. The van der Waals surface area contributed by atoms with Gasteiger partial charge >= 0.3 is 0 Å². The zero-order valence-electron chi connectivity index (χ0n) is 18.0. The summed E-state index contributed by atoms with van der Waals surface area (Å²) in [5, 5.41) is 4.68. The Bertz CT molecular complexity index is 990. The standard InChI is InChI=1S/C24H28FN3O3/c1-27-20(11-13-30-23-6-4-3-5-22(23)29-2)15-21(26-27)24-17-28(12-14-31-24)16-18-7-9-19(25)10-8-18/h3-10,15,24H,11-14,16-17H2,1-2H3/t24-/m0/s1. The molecule has 1 saturated heterocycles. The lowest BCUT2D eigenvalue weighted by molar-refractivity contribution is -0.0352. The predicted octanol–water partition coefficient (Wildman–Crippen LogP) is 3.76. The average Bonchev–Trinajstić information content (AvgIpc) is 3.16. The van der Waals surface area contributed by atoms with E-state index in [9.17, 15) is 4.39 Å². The summed E-state index contributed by atoms with van der Waals surface area (Å²) in [7, 11) is 3.58. The van der Waals surface area contributed by atoms with E-state index in [2.05, 4.69) is 16.1 Å². The maximum atomic E-state index is 13.2. The second kappa shape index (κ2) is 9.94. The first kappa shape index (κ1) is 21.3. The monoisotopic (exact) mass is 425 g/mol. The number of methoxy groups -OCH3 is 1. The summed E-state index contributed by atoms with van der Waals surface area (Å²) in [4.78, 5) is 2.32. The van der Waals surface area contributed by atoms with Crippen molar-refractivity contribution in [2.75, 3.05) is 33.4 Å². The van der Waals surface area contributed by atoms with Crippen molar-refractivity contribution in [1.82, 2.24) is 14.7 Å². The number of hydrogen-bond acceptors (Lipinski definition) is 5. The van der Waals surface area contributed by atoms with E-state index in [4.69, 9.17) is 14.2 Å². The molecule has 1 aromatic heterocycles. The van der Waals surface area contributed by atoms with Crippen molar-refractivity contribution in [3.05, 3.63) is 77.4 Å². The molecule has 2 aromatic carbocycles. The molecule has 1 fully saturated rings.